The Morgan fingerprint density at radius 2 is 0.611 bits per heavy atom. The number of benzene rings is 10. The molecule has 113 heavy (non-hydrogen) atoms. The summed E-state index contributed by atoms with van der Waals surface area (Å²) in [6.45, 7) is 24.3. The molecule has 9 aliphatic carbocycles. The summed E-state index contributed by atoms with van der Waals surface area (Å²) >= 11 is 0. The van der Waals surface area contributed by atoms with Gasteiger partial charge in [-0.15, -0.1) is 0 Å². The monoisotopic (exact) mass is 1490 g/mol. The molecule has 3 nitrogen and oxygen atoms in total. The van der Waals surface area contributed by atoms with Gasteiger partial charge < -0.3 is 9.47 Å². The minimum absolute atomic E-state index is 0.0561. The van der Waals surface area contributed by atoms with Crippen molar-refractivity contribution in [3.05, 3.63) is 257 Å². The average molecular weight is 1490 g/mol. The molecule has 0 amide bonds. The van der Waals surface area contributed by atoms with Gasteiger partial charge in [0.05, 0.1) is 13.2 Å². The molecule has 0 heterocycles. The van der Waals surface area contributed by atoms with Crippen LogP contribution in [0.4, 0.5) is 0 Å². The van der Waals surface area contributed by atoms with Gasteiger partial charge in [-0.25, -0.2) is 4.79 Å². The molecule has 0 aromatic heterocycles. The van der Waals surface area contributed by atoms with Crippen molar-refractivity contribution in [2.24, 2.45) is 32.5 Å². The van der Waals surface area contributed by atoms with Crippen LogP contribution in [0, 0.1) is 39.4 Å². The van der Waals surface area contributed by atoms with E-state index >= 15 is 0 Å². The summed E-state index contributed by atoms with van der Waals surface area (Å²) in [7, 11) is 0. The zero-order valence-electron chi connectivity index (χ0n) is 69.3. The van der Waals surface area contributed by atoms with Crippen molar-refractivity contribution in [1.29, 1.82) is 0 Å². The van der Waals surface area contributed by atoms with E-state index in [1.165, 1.54) is 266 Å². The SMILES string of the molecule is C=C(C)C(=O)OCCCCCCCCCCOc1ccc(-c2ccc(-c3ccc4c(c3)C3(c5cc(-c6ccc7c(c6)C6(c8cc(-c9ccc(-c%10ccc(-c%11ccc%12c(c%11)C%11(c%13cc(C)ccc%13-%12)C%12(CCC)CCCC%11(CCC)CCC%12)cc%10)cc9)ccc8-7)C7(CC)CCC6(CC)CC7)ccc5-4)C4(C)CCC3(C)CC4)cc2)cc1. The van der Waals surface area contributed by atoms with Gasteiger partial charge in [-0.3, -0.25) is 0 Å². The minimum atomic E-state index is -0.281. The van der Waals surface area contributed by atoms with Crippen LogP contribution in [0.2, 0.25) is 0 Å². The Morgan fingerprint density at radius 3 is 0.956 bits per heavy atom. The summed E-state index contributed by atoms with van der Waals surface area (Å²) in [6.07, 6.45) is 35.1. The molecule has 9 aliphatic rings. The minimum Gasteiger partial charge on any atom is -0.494 e. The lowest BCUT2D eigenvalue weighted by molar-refractivity contribution is -0.139. The lowest BCUT2D eigenvalue weighted by atomic mass is 9.36. The molecule has 19 rings (SSSR count). The first-order chi connectivity index (χ1) is 55.0. The molecule has 0 N–H and O–H groups in total. The van der Waals surface area contributed by atoms with E-state index in [9.17, 15) is 4.79 Å². The van der Waals surface area contributed by atoms with Crippen LogP contribution in [0.5, 0.6) is 5.75 Å². The standard InChI is InChI=1S/C110H120O3/c1-10-52-106-54-22-56-107(53-11-2,57-23-55-106)110(106)95-68-75(7)24-46-89(95)92-48-40-85(71-100(92)110)82-33-27-77(28-34-82)76-25-31-81(32-26-76)84-41-49-93-94-51-43-87(73-99(94)109(98(93)70-84)104(12-3)62-64-105(109,13-4)65-63-104)86-42-50-91-90-47-39-83(69-96(90)108(97(91)72-86)102(8)58-60-103(108,9)61-59-102)80-35-29-78(30-36-80)79-37-44-88(45-38-79)112-66-20-18-16-14-15-17-19-21-67-113-101(111)74(5)6/h24-51,68-73H,5,10-23,52-67H2,1-4,6-9H3. The summed E-state index contributed by atoms with van der Waals surface area (Å²) in [6, 6.07) is 83.4. The van der Waals surface area contributed by atoms with Crippen LogP contribution >= 0.6 is 0 Å². The molecule has 0 atom stereocenters. The number of fused-ring (bicyclic) bond motifs is 9. The fourth-order valence-electron chi connectivity index (χ4n) is 28.1. The number of hydrogen-bond donors (Lipinski definition) is 0. The number of esters is 1. The van der Waals surface area contributed by atoms with E-state index in [4.69, 9.17) is 9.47 Å². The second-order valence-corrected chi connectivity index (χ2v) is 38.1. The van der Waals surface area contributed by atoms with Crippen LogP contribution in [-0.4, -0.2) is 19.2 Å². The fraction of sp³-hybridized carbons (Fsp3) is 0.427. The average Bonchev–Trinajstić information content (AvgIpc) is 1.51. The van der Waals surface area contributed by atoms with Crippen LogP contribution < -0.4 is 4.74 Å². The van der Waals surface area contributed by atoms with Gasteiger partial charge in [0.25, 0.3) is 0 Å². The molecule has 0 unspecified atom stereocenters. The topological polar surface area (TPSA) is 35.5 Å². The Morgan fingerprint density at radius 1 is 0.327 bits per heavy atom. The van der Waals surface area contributed by atoms with Crippen molar-refractivity contribution in [1.82, 2.24) is 0 Å². The lowest BCUT2D eigenvalue weighted by Crippen LogP contribution is -2.62. The molecular weight excluding hydrogens is 1370 g/mol. The van der Waals surface area contributed by atoms with Gasteiger partial charge in [0.1, 0.15) is 5.75 Å². The highest BCUT2D eigenvalue weighted by Gasteiger charge is 2.75. The van der Waals surface area contributed by atoms with E-state index in [2.05, 4.69) is 261 Å². The molecule has 0 saturated heterocycles. The first kappa shape index (κ1) is 74.3. The largest absolute Gasteiger partial charge is 0.494 e. The third-order valence-corrected chi connectivity index (χ3v) is 33.0. The predicted molar refractivity (Wildman–Crippen MR) is 472 cm³/mol. The zero-order chi connectivity index (χ0) is 77.3. The normalized spacial score (nSPS) is 27.2. The predicted octanol–water partition coefficient (Wildman–Crippen LogP) is 30.3. The van der Waals surface area contributed by atoms with Crippen molar-refractivity contribution >= 4 is 5.97 Å². The molecule has 578 valence electrons. The summed E-state index contributed by atoms with van der Waals surface area (Å²) in [5.74, 6) is 0.654. The maximum absolute atomic E-state index is 11.6. The number of rotatable bonds is 25. The second kappa shape index (κ2) is 28.3. The van der Waals surface area contributed by atoms with Crippen molar-refractivity contribution in [2.75, 3.05) is 13.2 Å². The Kier molecular flexibility index (Phi) is 18.6. The van der Waals surface area contributed by atoms with Crippen LogP contribution in [0.1, 0.15) is 267 Å². The molecule has 10 aromatic rings. The first-order valence-corrected chi connectivity index (χ1v) is 44.7. The molecule has 6 saturated carbocycles. The van der Waals surface area contributed by atoms with Crippen LogP contribution in [-0.2, 0) is 25.8 Å². The summed E-state index contributed by atoms with van der Waals surface area (Å²) in [4.78, 5) is 11.6. The number of unbranched alkanes of at least 4 members (excludes halogenated alkanes) is 7. The lowest BCUT2D eigenvalue weighted by Gasteiger charge is -2.67. The van der Waals surface area contributed by atoms with Crippen molar-refractivity contribution < 1.29 is 14.3 Å². The smallest absolute Gasteiger partial charge is 0.333 e. The van der Waals surface area contributed by atoms with E-state index in [1.54, 1.807) is 40.3 Å². The van der Waals surface area contributed by atoms with E-state index in [0.717, 1.165) is 31.6 Å². The highest BCUT2D eigenvalue weighted by atomic mass is 16.5. The maximum Gasteiger partial charge on any atom is 0.333 e. The van der Waals surface area contributed by atoms with E-state index in [-0.39, 0.29) is 43.9 Å². The van der Waals surface area contributed by atoms with E-state index < -0.39 is 0 Å². The molecule has 6 fully saturated rings. The molecular formula is C110H120O3. The molecule has 3 heteroatoms. The van der Waals surface area contributed by atoms with E-state index in [0.29, 0.717) is 23.0 Å². The number of aryl methyl sites for hydroxylation is 1. The molecule has 0 aliphatic heterocycles. The Labute approximate surface area is 676 Å². The van der Waals surface area contributed by atoms with Gasteiger partial charge in [0.15, 0.2) is 0 Å². The van der Waals surface area contributed by atoms with Gasteiger partial charge in [0.2, 0.25) is 0 Å². The molecule has 0 radical (unpaired) electrons. The van der Waals surface area contributed by atoms with Gasteiger partial charge in [-0.1, -0.05) is 282 Å². The number of carbonyl (C=O) groups excluding carboxylic acids is 1. The molecule has 6 bridgehead atoms. The molecule has 3 spiro atoms. The fourth-order valence-corrected chi connectivity index (χ4v) is 28.1. The summed E-state index contributed by atoms with van der Waals surface area (Å²) in [5.41, 5.74) is 37.4. The maximum atomic E-state index is 11.6. The van der Waals surface area contributed by atoms with Crippen LogP contribution in [0.25, 0.3) is 100 Å². The number of ether oxygens (including phenoxy) is 2. The van der Waals surface area contributed by atoms with Crippen LogP contribution in [0.3, 0.4) is 0 Å². The van der Waals surface area contributed by atoms with Gasteiger partial charge in [-0.05, 0) is 338 Å². The third-order valence-electron chi connectivity index (χ3n) is 33.0. The zero-order valence-corrected chi connectivity index (χ0v) is 69.3. The summed E-state index contributed by atoms with van der Waals surface area (Å²) < 4.78 is 11.5. The van der Waals surface area contributed by atoms with Gasteiger partial charge in [0, 0.05) is 21.8 Å². The number of hydrogen-bond acceptors (Lipinski definition) is 3. The second-order valence-electron chi connectivity index (χ2n) is 38.1. The summed E-state index contributed by atoms with van der Waals surface area (Å²) in [5, 5.41) is 0. The van der Waals surface area contributed by atoms with Gasteiger partial charge in [-0.2, -0.15) is 0 Å². The first-order valence-electron chi connectivity index (χ1n) is 44.7. The van der Waals surface area contributed by atoms with E-state index in [1.807, 2.05) is 0 Å². The Balaban J connectivity index is 0.579. The highest BCUT2D eigenvalue weighted by Crippen LogP contribution is 2.83. The quantitative estimate of drug-likeness (QED) is 0.0325. The van der Waals surface area contributed by atoms with Crippen molar-refractivity contribution in [3.8, 4) is 106 Å². The Bertz CT molecular complexity index is 5250. The van der Waals surface area contributed by atoms with Crippen molar-refractivity contribution in [2.45, 2.75) is 251 Å². The van der Waals surface area contributed by atoms with Gasteiger partial charge >= 0.3 is 5.97 Å². The highest BCUT2D eigenvalue weighted by molar-refractivity contribution is 5.93. The Hall–Kier alpha value is -8.79. The van der Waals surface area contributed by atoms with Crippen molar-refractivity contribution in [3.63, 3.8) is 0 Å². The third kappa shape index (κ3) is 10.8. The molecule has 10 aromatic carbocycles. The number of carbonyl (C=O) groups is 1. The van der Waals surface area contributed by atoms with Crippen LogP contribution in [0.15, 0.2) is 218 Å².